The largest absolute Gasteiger partial charge is 2.00 e. The fraction of sp³-hybridized carbons (Fsp3) is 0.182. The Morgan fingerprint density at radius 3 is 0.333 bits per heavy atom. The molecule has 0 aliphatic rings. The molecule has 0 aliphatic carbocycles. The van der Waals surface area contributed by atoms with Crippen LogP contribution < -0.4 is 43.7 Å². The molecular weight excluding hydrogens is 1060 g/mol. The van der Waals surface area contributed by atoms with Gasteiger partial charge in [0.1, 0.15) is 12.3 Å². The minimum atomic E-state index is -1.22. The van der Waals surface area contributed by atoms with Crippen molar-refractivity contribution >= 4 is 94.5 Å². The summed E-state index contributed by atoms with van der Waals surface area (Å²) in [4.78, 5) is 65.2. The minimum Gasteiger partial charge on any atom is -0.351 e. The molecule has 0 N–H and O–H groups in total. The maximum absolute atomic E-state index is 9.43. The van der Waals surface area contributed by atoms with Crippen LogP contribution in [0.15, 0.2) is 243 Å². The van der Waals surface area contributed by atoms with Crippen molar-refractivity contribution in [1.82, 2.24) is 29.4 Å². The van der Waals surface area contributed by atoms with E-state index in [2.05, 4.69) is 243 Å². The van der Waals surface area contributed by atoms with Crippen molar-refractivity contribution in [3.63, 3.8) is 0 Å². The number of hydrogen-bond acceptors (Lipinski definition) is 6. The summed E-state index contributed by atoms with van der Waals surface area (Å²) in [5, 5.41) is 0. The summed E-state index contributed by atoms with van der Waals surface area (Å²) in [5.41, 5.74) is 10.7. The number of carbonyl (C=O) groups is 6. The Labute approximate surface area is 496 Å². The summed E-state index contributed by atoms with van der Waals surface area (Å²) in [7, 11) is 20.2. The summed E-state index contributed by atoms with van der Waals surface area (Å²) < 4.78 is 0. The van der Waals surface area contributed by atoms with Crippen LogP contribution in [0.25, 0.3) is 0 Å². The quantitative estimate of drug-likeness (QED) is 0.118. The molecule has 0 bridgehead atoms. The molecule has 8 rings (SSSR count). The van der Waals surface area contributed by atoms with Gasteiger partial charge < -0.3 is 29.4 Å². The van der Waals surface area contributed by atoms with Gasteiger partial charge in [0, 0.05) is 84.6 Å². The predicted molar refractivity (Wildman–Crippen MR) is 339 cm³/mol. The van der Waals surface area contributed by atoms with Crippen molar-refractivity contribution in [2.75, 3.05) is 84.6 Å². The summed E-state index contributed by atoms with van der Waals surface area (Å²) >= 11 is 0. The van der Waals surface area contributed by atoms with Crippen LogP contribution in [-0.4, -0.2) is 165 Å². The van der Waals surface area contributed by atoms with E-state index in [0.717, 1.165) is 38.5 Å². The summed E-state index contributed by atoms with van der Waals surface area (Å²) in [5.74, 6) is 0. The molecule has 8 aromatic carbocycles. The zero-order valence-corrected chi connectivity index (χ0v) is 52.5. The van der Waals surface area contributed by atoms with Crippen molar-refractivity contribution in [1.29, 1.82) is 0 Å². The van der Waals surface area contributed by atoms with Crippen LogP contribution in [0.4, 0.5) is 0 Å². The average Bonchev–Trinajstić information content (AvgIpc) is 3.50. The Bertz CT molecular complexity index is 2260. The van der Waals surface area contributed by atoms with Gasteiger partial charge in [0.25, 0.3) is 0 Å². The van der Waals surface area contributed by atoms with Crippen LogP contribution in [-0.2, 0) is 48.2 Å². The average molecular weight is 1140 g/mol. The monoisotopic (exact) mass is 1140 g/mol. The maximum atomic E-state index is 9.43. The number of benzene rings is 8. The number of amides is 6. The molecule has 0 aromatic heterocycles. The van der Waals surface area contributed by atoms with E-state index in [1.807, 2.05) is 0 Å². The summed E-state index contributed by atoms with van der Waals surface area (Å²) in [6, 6.07) is 87.1. The first-order chi connectivity index (χ1) is 38.5. The number of rotatable bonds is 14. The molecule has 12 nitrogen and oxygen atoms in total. The van der Waals surface area contributed by atoms with Crippen molar-refractivity contribution in [2.45, 2.75) is 0 Å². The van der Waals surface area contributed by atoms with E-state index >= 15 is 0 Å². The summed E-state index contributed by atoms with van der Waals surface area (Å²) in [6.45, 7) is 0. The second-order valence-electron chi connectivity index (χ2n) is 19.4. The molecule has 6 amide bonds. The van der Waals surface area contributed by atoms with Gasteiger partial charge in [-0.05, 0) is 0 Å². The zero-order valence-electron chi connectivity index (χ0n) is 49.6. The summed E-state index contributed by atoms with van der Waals surface area (Å²) in [6.07, 6.45) is 2.07. The molecule has 0 unspecified atom stereocenters. The molecule has 8 aromatic rings. The second-order valence-corrected chi connectivity index (χ2v) is 19.4. The Morgan fingerprint density at radius 1 is 0.198 bits per heavy atom. The van der Waals surface area contributed by atoms with E-state index in [9.17, 15) is 28.8 Å². The molecule has 0 saturated carbocycles. The first kappa shape index (κ1) is 72.3. The Hall–Kier alpha value is -8.67. The van der Waals surface area contributed by atoms with Gasteiger partial charge in [-0.25, -0.2) is 0 Å². The molecule has 0 spiro atoms. The van der Waals surface area contributed by atoms with Gasteiger partial charge in [-0.15, -0.1) is 0 Å². The fourth-order valence-electron chi connectivity index (χ4n) is 8.24. The van der Waals surface area contributed by atoms with E-state index in [-0.39, 0.29) is 19.5 Å². The van der Waals surface area contributed by atoms with Crippen molar-refractivity contribution in [2.24, 2.45) is 0 Å². The molecule has 0 saturated heterocycles. The number of carbonyl (C=O) groups excluding carboxylic acids is 6. The van der Waals surface area contributed by atoms with Crippen LogP contribution in [0.1, 0.15) is 0 Å². The first-order valence-corrected chi connectivity index (χ1v) is 25.9. The molecule has 0 heterocycles. The van der Waals surface area contributed by atoms with Gasteiger partial charge in [0.05, 0.1) is 0 Å². The molecule has 0 fully saturated rings. The van der Waals surface area contributed by atoms with E-state index < -0.39 is 12.3 Å². The molecule has 15 heteroatoms. The number of nitrogens with zero attached hydrogens (tertiary/aromatic N) is 6. The van der Waals surface area contributed by atoms with Crippen molar-refractivity contribution < 1.29 is 48.2 Å². The van der Waals surface area contributed by atoms with Gasteiger partial charge in [0.2, 0.25) is 38.5 Å². The van der Waals surface area contributed by atoms with Crippen LogP contribution in [0.5, 0.6) is 0 Å². The molecule has 0 radical (unpaired) electrons. The van der Waals surface area contributed by atoms with Crippen LogP contribution in [0.2, 0.25) is 0 Å². The topological polar surface area (TPSA) is 122 Å². The van der Waals surface area contributed by atoms with Gasteiger partial charge >= 0.3 is 19.5 Å². The van der Waals surface area contributed by atoms with Crippen LogP contribution in [0, 0.1) is 0 Å². The maximum Gasteiger partial charge on any atom is 2.00 e. The molecule has 0 aliphatic heterocycles. The second kappa shape index (κ2) is 42.3. The first-order valence-electron chi connectivity index (χ1n) is 25.9. The van der Waals surface area contributed by atoms with E-state index in [1.54, 1.807) is 84.6 Å². The van der Waals surface area contributed by atoms with E-state index in [1.165, 1.54) is 73.1 Å². The van der Waals surface area contributed by atoms with Gasteiger partial charge in [0.15, 0.2) is 0 Å². The Kier molecular flexibility index (Phi) is 37.8. The normalized spacial score (nSPS) is 9.43. The smallest absolute Gasteiger partial charge is 0.351 e. The van der Waals surface area contributed by atoms with Gasteiger partial charge in [-0.3, -0.25) is 28.8 Å². The Morgan fingerprint density at radius 2 is 0.272 bits per heavy atom. The molecule has 420 valence electrons. The van der Waals surface area contributed by atoms with Crippen LogP contribution >= 0.6 is 0 Å². The molecule has 81 heavy (non-hydrogen) atoms. The third-order valence-electron chi connectivity index (χ3n) is 11.7. The predicted octanol–water partition coefficient (Wildman–Crippen LogP) is 4.35. The Balaban J connectivity index is 0.00000105. The minimum absolute atomic E-state index is 0. The third-order valence-corrected chi connectivity index (χ3v) is 11.7. The van der Waals surface area contributed by atoms with Gasteiger partial charge in [-0.1, -0.05) is 243 Å². The number of hydrogen-bond donors (Lipinski definition) is 0. The van der Waals surface area contributed by atoms with E-state index in [0.29, 0.717) is 0 Å². The van der Waals surface area contributed by atoms with Gasteiger partial charge in [-0.2, -0.15) is 43.7 Å². The standard InChI is InChI=1S/2C24H20B.6C3H7NO.Zn/c2*1-5-13-21(14-6-1)25(22-15-7-2-8-16-22,23-17-9-3-10-18-23)24-19-11-4-12-20-24;6*1-4(2)3-5;/h2*1-20H;6*3H,1-2H3;/q2*-1;;;;;;;+2. The van der Waals surface area contributed by atoms with Crippen LogP contribution in [0.3, 0.4) is 0 Å². The van der Waals surface area contributed by atoms with E-state index in [4.69, 9.17) is 0 Å². The third kappa shape index (κ3) is 25.8. The van der Waals surface area contributed by atoms with Crippen molar-refractivity contribution in [3.05, 3.63) is 243 Å². The fourth-order valence-corrected chi connectivity index (χ4v) is 8.24. The van der Waals surface area contributed by atoms with Crippen molar-refractivity contribution in [3.8, 4) is 0 Å². The molecule has 0 atom stereocenters. The SMILES string of the molecule is CN(C)C=O.CN(C)C=O.CN(C)C=O.CN(C)C=O.CN(C)C=O.CN(C)C=O.[Zn+2].c1ccc([B-](c2ccccc2)(c2ccccc2)c2ccccc2)cc1.c1ccc([B-](c2ccccc2)(c2ccccc2)c2ccccc2)cc1. The zero-order chi connectivity index (χ0) is 59.6. The molecular formula is C66H82B2N6O6Zn.